The molecule has 3 saturated carbocycles. The molecule has 2 bridgehead atoms. The fourth-order valence-electron chi connectivity index (χ4n) is 5.49. The molecule has 6 rings (SSSR count). The SMILES string of the molecule is CC1(C)[C@H]2CC[C@@H](CCNC(=O)N3CC(c4nc(-c5ncccn5)no4)C3)[C@@H]1C2. The number of rotatable bonds is 5. The van der Waals surface area contributed by atoms with Crippen LogP contribution in [0.1, 0.15) is 51.3 Å². The monoisotopic (exact) mass is 396 g/mol. The Hall–Kier alpha value is -2.51. The van der Waals surface area contributed by atoms with Crippen molar-refractivity contribution in [2.75, 3.05) is 19.6 Å². The number of likely N-dealkylation sites (tertiary alicyclic amines) is 1. The lowest BCUT2D eigenvalue weighted by molar-refractivity contribution is -0.106. The molecule has 2 aromatic rings. The molecule has 0 radical (unpaired) electrons. The van der Waals surface area contributed by atoms with E-state index in [1.54, 1.807) is 23.4 Å². The summed E-state index contributed by atoms with van der Waals surface area (Å²) < 4.78 is 5.35. The fourth-order valence-corrected chi connectivity index (χ4v) is 5.49. The summed E-state index contributed by atoms with van der Waals surface area (Å²) in [5.74, 6) is 3.98. The molecule has 29 heavy (non-hydrogen) atoms. The molecular formula is C21H28N6O2. The molecule has 3 aliphatic carbocycles. The molecule has 1 saturated heterocycles. The maximum absolute atomic E-state index is 12.4. The van der Waals surface area contributed by atoms with E-state index in [0.717, 1.165) is 30.7 Å². The van der Waals surface area contributed by atoms with Gasteiger partial charge in [-0.25, -0.2) is 14.8 Å². The molecule has 2 amide bonds. The number of carbonyl (C=O) groups excluding carboxylic acids is 1. The van der Waals surface area contributed by atoms with E-state index < -0.39 is 0 Å². The Kier molecular flexibility index (Phi) is 4.52. The van der Waals surface area contributed by atoms with Gasteiger partial charge < -0.3 is 14.7 Å². The standard InChI is InChI=1S/C21H28N6O2/c1-21(2)15-5-4-13(16(21)10-15)6-9-24-20(28)27-11-14(12-27)19-25-18(26-29-19)17-22-7-3-8-23-17/h3,7-8,13-16H,4-6,9-12H2,1-2H3,(H,24,28)/t13-,15-,16-/m0/s1. The van der Waals surface area contributed by atoms with Gasteiger partial charge in [0.1, 0.15) is 0 Å². The zero-order valence-corrected chi connectivity index (χ0v) is 17.0. The average Bonchev–Trinajstić information content (AvgIpc) is 3.17. The van der Waals surface area contributed by atoms with Crippen molar-refractivity contribution < 1.29 is 9.32 Å². The van der Waals surface area contributed by atoms with E-state index in [4.69, 9.17) is 4.52 Å². The van der Waals surface area contributed by atoms with Gasteiger partial charge in [0.15, 0.2) is 0 Å². The maximum Gasteiger partial charge on any atom is 0.317 e. The Balaban J connectivity index is 1.07. The quantitative estimate of drug-likeness (QED) is 0.834. The summed E-state index contributed by atoms with van der Waals surface area (Å²) in [6, 6.07) is 1.75. The normalized spacial score (nSPS) is 27.8. The Morgan fingerprint density at radius 2 is 2.03 bits per heavy atom. The zero-order chi connectivity index (χ0) is 20.0. The van der Waals surface area contributed by atoms with Crippen LogP contribution in [0, 0.1) is 23.2 Å². The van der Waals surface area contributed by atoms with Crippen LogP contribution >= 0.6 is 0 Å². The summed E-state index contributed by atoms with van der Waals surface area (Å²) in [7, 11) is 0. The molecule has 8 heteroatoms. The Morgan fingerprint density at radius 3 is 2.76 bits per heavy atom. The Morgan fingerprint density at radius 1 is 1.24 bits per heavy atom. The highest BCUT2D eigenvalue weighted by molar-refractivity contribution is 5.75. The van der Waals surface area contributed by atoms with Crippen LogP contribution < -0.4 is 5.32 Å². The van der Waals surface area contributed by atoms with Crippen LogP contribution in [-0.4, -0.2) is 50.7 Å². The highest BCUT2D eigenvalue weighted by Gasteiger charge is 2.53. The number of carbonyl (C=O) groups is 1. The predicted molar refractivity (Wildman–Crippen MR) is 106 cm³/mol. The van der Waals surface area contributed by atoms with E-state index in [9.17, 15) is 4.79 Å². The minimum absolute atomic E-state index is 0.00828. The topological polar surface area (TPSA) is 97.0 Å². The number of aromatic nitrogens is 4. The molecule has 0 unspecified atom stereocenters. The van der Waals surface area contributed by atoms with Crippen molar-refractivity contribution in [1.82, 2.24) is 30.3 Å². The molecule has 0 spiro atoms. The van der Waals surface area contributed by atoms with E-state index in [1.807, 2.05) is 0 Å². The third-order valence-electron chi connectivity index (χ3n) is 7.52. The molecule has 154 valence electrons. The van der Waals surface area contributed by atoms with E-state index >= 15 is 0 Å². The second-order valence-electron chi connectivity index (χ2n) is 9.35. The number of nitrogens with one attached hydrogen (secondary N) is 1. The number of urea groups is 1. The van der Waals surface area contributed by atoms with Crippen LogP contribution in [0.3, 0.4) is 0 Å². The van der Waals surface area contributed by atoms with Gasteiger partial charge in [0.25, 0.3) is 0 Å². The lowest BCUT2D eigenvalue weighted by atomic mass is 9.45. The lowest BCUT2D eigenvalue weighted by Gasteiger charge is -2.60. The third-order valence-corrected chi connectivity index (χ3v) is 7.52. The Labute approximate surface area is 170 Å². The lowest BCUT2D eigenvalue weighted by Crippen LogP contribution is -2.54. The van der Waals surface area contributed by atoms with Gasteiger partial charge in [-0.15, -0.1) is 0 Å². The molecule has 4 aliphatic rings. The molecule has 0 aromatic carbocycles. The first-order valence-corrected chi connectivity index (χ1v) is 10.7. The second-order valence-corrected chi connectivity index (χ2v) is 9.35. The van der Waals surface area contributed by atoms with Crippen LogP contribution in [-0.2, 0) is 0 Å². The van der Waals surface area contributed by atoms with Crippen molar-refractivity contribution in [1.29, 1.82) is 0 Å². The van der Waals surface area contributed by atoms with Gasteiger partial charge in [0, 0.05) is 32.0 Å². The second kappa shape index (κ2) is 7.07. The van der Waals surface area contributed by atoms with E-state index in [1.165, 1.54) is 19.3 Å². The minimum Gasteiger partial charge on any atom is -0.338 e. The largest absolute Gasteiger partial charge is 0.338 e. The third kappa shape index (κ3) is 3.28. The number of fused-ring (bicyclic) bond motifs is 2. The van der Waals surface area contributed by atoms with E-state index in [-0.39, 0.29) is 11.9 Å². The molecule has 3 heterocycles. The van der Waals surface area contributed by atoms with E-state index in [2.05, 4.69) is 39.3 Å². The van der Waals surface area contributed by atoms with Crippen LogP contribution in [0.15, 0.2) is 23.0 Å². The van der Waals surface area contributed by atoms with Crippen LogP contribution in [0.2, 0.25) is 0 Å². The number of nitrogens with zero attached hydrogens (tertiary/aromatic N) is 5. The van der Waals surface area contributed by atoms with Gasteiger partial charge in [-0.3, -0.25) is 0 Å². The van der Waals surface area contributed by atoms with Crippen LogP contribution in [0.25, 0.3) is 11.6 Å². The van der Waals surface area contributed by atoms with Gasteiger partial charge in [-0.05, 0) is 54.9 Å². The molecule has 1 N–H and O–H groups in total. The zero-order valence-electron chi connectivity index (χ0n) is 17.0. The van der Waals surface area contributed by atoms with Gasteiger partial charge in [0.05, 0.1) is 5.92 Å². The summed E-state index contributed by atoms with van der Waals surface area (Å²) in [6.07, 6.45) is 8.45. The van der Waals surface area contributed by atoms with Crippen LogP contribution in [0.5, 0.6) is 0 Å². The van der Waals surface area contributed by atoms with Crippen molar-refractivity contribution >= 4 is 6.03 Å². The van der Waals surface area contributed by atoms with Gasteiger partial charge in [-0.2, -0.15) is 4.98 Å². The summed E-state index contributed by atoms with van der Waals surface area (Å²) in [4.78, 5) is 26.9. The maximum atomic E-state index is 12.4. The molecular weight excluding hydrogens is 368 g/mol. The number of hydrogen-bond acceptors (Lipinski definition) is 6. The Bertz CT molecular complexity index is 874. The van der Waals surface area contributed by atoms with Crippen LogP contribution in [0.4, 0.5) is 4.79 Å². The van der Waals surface area contributed by atoms with Crippen molar-refractivity contribution in [2.45, 2.75) is 45.4 Å². The fraction of sp³-hybridized carbons (Fsp3) is 0.667. The molecule has 1 aliphatic heterocycles. The summed E-state index contributed by atoms with van der Waals surface area (Å²) >= 11 is 0. The van der Waals surface area contributed by atoms with Crippen molar-refractivity contribution in [3.05, 3.63) is 24.4 Å². The van der Waals surface area contributed by atoms with Crippen molar-refractivity contribution in [3.63, 3.8) is 0 Å². The smallest absolute Gasteiger partial charge is 0.317 e. The van der Waals surface area contributed by atoms with Gasteiger partial charge in [-0.1, -0.05) is 19.0 Å². The minimum atomic E-state index is 0.00828. The summed E-state index contributed by atoms with van der Waals surface area (Å²) in [6.45, 7) is 6.80. The molecule has 8 nitrogen and oxygen atoms in total. The van der Waals surface area contributed by atoms with Crippen molar-refractivity contribution in [3.8, 4) is 11.6 Å². The molecule has 4 fully saturated rings. The highest BCUT2D eigenvalue weighted by Crippen LogP contribution is 2.61. The molecule has 3 atom stereocenters. The van der Waals surface area contributed by atoms with Gasteiger partial charge >= 0.3 is 6.03 Å². The first kappa shape index (κ1) is 18.5. The highest BCUT2D eigenvalue weighted by atomic mass is 16.5. The predicted octanol–water partition coefficient (Wildman–Crippen LogP) is 3.10. The van der Waals surface area contributed by atoms with Gasteiger partial charge in [0.2, 0.25) is 17.5 Å². The number of hydrogen-bond donors (Lipinski definition) is 1. The molecule has 2 aromatic heterocycles. The summed E-state index contributed by atoms with van der Waals surface area (Å²) in [5, 5.41) is 7.05. The first-order chi connectivity index (χ1) is 14.0. The number of amides is 2. The van der Waals surface area contributed by atoms with Crippen molar-refractivity contribution in [2.24, 2.45) is 23.2 Å². The van der Waals surface area contributed by atoms with E-state index in [0.29, 0.717) is 36.0 Å². The average molecular weight is 396 g/mol. The first-order valence-electron chi connectivity index (χ1n) is 10.7. The summed E-state index contributed by atoms with van der Waals surface area (Å²) in [5.41, 5.74) is 0.505.